The summed E-state index contributed by atoms with van der Waals surface area (Å²) in [5, 5.41) is 7.60. The van der Waals surface area contributed by atoms with Gasteiger partial charge in [-0.15, -0.1) is 24.8 Å². The second kappa shape index (κ2) is 11.7. The van der Waals surface area contributed by atoms with E-state index in [0.29, 0.717) is 31.0 Å². The first-order valence-electron chi connectivity index (χ1n) is 10.3. The summed E-state index contributed by atoms with van der Waals surface area (Å²) in [7, 11) is 0. The van der Waals surface area contributed by atoms with Gasteiger partial charge in [-0.3, -0.25) is 9.69 Å². The number of nitrogens with one attached hydrogen (secondary N) is 2. The number of nitrogens with zero attached hydrogens (tertiary/aromatic N) is 1. The molecule has 164 valence electrons. The number of amides is 1. The highest BCUT2D eigenvalue weighted by atomic mass is 35.5. The zero-order chi connectivity index (χ0) is 18.6. The van der Waals surface area contributed by atoms with Gasteiger partial charge < -0.3 is 15.4 Å². The van der Waals surface area contributed by atoms with Crippen LogP contribution in [0.25, 0.3) is 0 Å². The Morgan fingerprint density at radius 2 is 1.90 bits per heavy atom. The minimum Gasteiger partial charge on any atom is -0.379 e. The van der Waals surface area contributed by atoms with E-state index in [1.165, 1.54) is 12.8 Å². The molecule has 3 saturated heterocycles. The molecule has 2 bridgehead atoms. The number of rotatable bonds is 6. The summed E-state index contributed by atoms with van der Waals surface area (Å²) in [5.74, 6) is 0.707. The number of ether oxygens (including phenoxy) is 1. The van der Waals surface area contributed by atoms with E-state index in [0.717, 1.165) is 49.7 Å². The average molecular weight is 465 g/mol. The molecule has 3 heterocycles. The molecular weight excluding hydrogens is 433 g/mol. The lowest BCUT2D eigenvalue weighted by atomic mass is 9.89. The maximum absolute atomic E-state index is 12.6. The molecule has 1 aromatic rings. The Kier molecular flexibility index (Phi) is 9.99. The highest BCUT2D eigenvalue weighted by Gasteiger charge is 2.34. The Bertz CT molecular complexity index is 646. The smallest absolute Gasteiger partial charge is 0.220 e. The molecule has 8 heteroatoms. The summed E-state index contributed by atoms with van der Waals surface area (Å²) in [6.45, 7) is 3.86. The molecule has 1 amide bonds. The lowest BCUT2D eigenvalue weighted by molar-refractivity contribution is -0.122. The van der Waals surface area contributed by atoms with Crippen LogP contribution in [0.1, 0.15) is 43.7 Å². The maximum atomic E-state index is 12.6. The molecule has 3 aliphatic rings. The lowest BCUT2D eigenvalue weighted by Crippen LogP contribution is -2.44. The third-order valence-corrected chi connectivity index (χ3v) is 6.49. The number of hydrogen-bond acceptors (Lipinski definition) is 4. The molecule has 0 aromatic heterocycles. The molecule has 0 spiro atoms. The van der Waals surface area contributed by atoms with E-state index >= 15 is 0 Å². The number of fused-ring (bicyclic) bond motifs is 2. The van der Waals surface area contributed by atoms with Gasteiger partial charge in [0.2, 0.25) is 5.91 Å². The van der Waals surface area contributed by atoms with E-state index in [4.69, 9.17) is 16.3 Å². The minimum absolute atomic E-state index is 0. The molecule has 0 radical (unpaired) electrons. The van der Waals surface area contributed by atoms with Gasteiger partial charge in [-0.1, -0.05) is 23.7 Å². The Hall–Kier alpha value is -0.560. The van der Waals surface area contributed by atoms with Crippen LogP contribution < -0.4 is 10.6 Å². The molecule has 0 saturated carbocycles. The fraction of sp³-hybridized carbons (Fsp3) is 0.667. The highest BCUT2D eigenvalue weighted by molar-refractivity contribution is 6.30. The second-order valence-corrected chi connectivity index (χ2v) is 8.64. The number of carbonyl (C=O) groups is 1. The van der Waals surface area contributed by atoms with Crippen molar-refractivity contribution in [3.05, 3.63) is 34.9 Å². The van der Waals surface area contributed by atoms with E-state index in [1.807, 2.05) is 18.2 Å². The zero-order valence-electron chi connectivity index (χ0n) is 16.6. The first-order valence-corrected chi connectivity index (χ1v) is 10.6. The quantitative estimate of drug-likeness (QED) is 0.675. The zero-order valence-corrected chi connectivity index (χ0v) is 19.0. The van der Waals surface area contributed by atoms with Gasteiger partial charge in [0.1, 0.15) is 0 Å². The number of halogens is 3. The standard InChI is InChI=1S/C21H30ClN3O2.2ClH/c22-17-3-1-2-16(13-17)20(25-6-8-27-9-7-25)14-23-21(26)12-15-10-18-4-5-19(11-15)24-18;;/h1-3,13,15,18-20,24H,4-12,14H2,(H,23,26);2*1H. The van der Waals surface area contributed by atoms with Crippen LogP contribution in [0.3, 0.4) is 0 Å². The minimum atomic E-state index is 0. The van der Waals surface area contributed by atoms with Crippen molar-refractivity contribution in [2.24, 2.45) is 5.92 Å². The van der Waals surface area contributed by atoms with Crippen molar-refractivity contribution in [3.63, 3.8) is 0 Å². The van der Waals surface area contributed by atoms with Gasteiger partial charge in [-0.05, 0) is 49.3 Å². The van der Waals surface area contributed by atoms with Crippen molar-refractivity contribution in [1.82, 2.24) is 15.5 Å². The SMILES string of the molecule is Cl.Cl.O=C(CC1CC2CCC(C1)N2)NCC(c1cccc(Cl)c1)N1CCOCC1. The average Bonchev–Trinajstić information content (AvgIpc) is 3.01. The first-order chi connectivity index (χ1) is 13.2. The van der Waals surface area contributed by atoms with Crippen LogP contribution in [-0.2, 0) is 9.53 Å². The van der Waals surface area contributed by atoms with Crippen molar-refractivity contribution in [2.45, 2.75) is 50.2 Å². The molecule has 3 atom stereocenters. The Labute approximate surface area is 191 Å². The van der Waals surface area contributed by atoms with Crippen LogP contribution in [0.15, 0.2) is 24.3 Å². The van der Waals surface area contributed by atoms with Gasteiger partial charge in [-0.25, -0.2) is 0 Å². The molecule has 3 fully saturated rings. The molecule has 3 aliphatic heterocycles. The van der Waals surface area contributed by atoms with E-state index in [2.05, 4.69) is 21.6 Å². The topological polar surface area (TPSA) is 53.6 Å². The normalized spacial score (nSPS) is 27.4. The third kappa shape index (κ3) is 6.71. The van der Waals surface area contributed by atoms with Crippen molar-refractivity contribution >= 4 is 42.3 Å². The number of carbonyl (C=O) groups excluding carboxylic acids is 1. The van der Waals surface area contributed by atoms with Crippen LogP contribution in [-0.4, -0.2) is 55.7 Å². The maximum Gasteiger partial charge on any atom is 0.220 e. The fourth-order valence-corrected chi connectivity index (χ4v) is 5.15. The highest BCUT2D eigenvalue weighted by Crippen LogP contribution is 2.32. The van der Waals surface area contributed by atoms with E-state index < -0.39 is 0 Å². The number of morpholine rings is 1. The first kappa shape index (κ1) is 24.7. The molecular formula is C21H32Cl3N3O2. The predicted octanol–water partition coefficient (Wildman–Crippen LogP) is 3.59. The summed E-state index contributed by atoms with van der Waals surface area (Å²) >= 11 is 6.22. The number of piperidine rings is 1. The van der Waals surface area contributed by atoms with Crippen molar-refractivity contribution in [2.75, 3.05) is 32.8 Å². The summed E-state index contributed by atoms with van der Waals surface area (Å²) in [6.07, 6.45) is 5.49. The Morgan fingerprint density at radius 1 is 1.21 bits per heavy atom. The van der Waals surface area contributed by atoms with E-state index in [1.54, 1.807) is 0 Å². The molecule has 3 unspecified atom stereocenters. The molecule has 4 rings (SSSR count). The van der Waals surface area contributed by atoms with Crippen molar-refractivity contribution in [1.29, 1.82) is 0 Å². The Balaban J connectivity index is 0.00000150. The van der Waals surface area contributed by atoms with Crippen LogP contribution in [0.5, 0.6) is 0 Å². The number of hydrogen-bond donors (Lipinski definition) is 2. The van der Waals surface area contributed by atoms with Crippen molar-refractivity contribution in [3.8, 4) is 0 Å². The third-order valence-electron chi connectivity index (χ3n) is 6.26. The van der Waals surface area contributed by atoms with Crippen LogP contribution in [0.2, 0.25) is 5.02 Å². The fourth-order valence-electron chi connectivity index (χ4n) is 4.95. The summed E-state index contributed by atoms with van der Waals surface area (Å²) in [5.41, 5.74) is 1.16. The van der Waals surface area contributed by atoms with E-state index in [9.17, 15) is 4.79 Å². The molecule has 29 heavy (non-hydrogen) atoms. The van der Waals surface area contributed by atoms with Gasteiger partial charge in [0, 0.05) is 43.2 Å². The molecule has 0 aliphatic carbocycles. The molecule has 1 aromatic carbocycles. The van der Waals surface area contributed by atoms with Crippen LogP contribution in [0.4, 0.5) is 0 Å². The van der Waals surface area contributed by atoms with Gasteiger partial charge in [-0.2, -0.15) is 0 Å². The second-order valence-electron chi connectivity index (χ2n) is 8.20. The van der Waals surface area contributed by atoms with Gasteiger partial charge in [0.15, 0.2) is 0 Å². The predicted molar refractivity (Wildman–Crippen MR) is 121 cm³/mol. The van der Waals surface area contributed by atoms with Gasteiger partial charge in [0.05, 0.1) is 19.3 Å². The lowest BCUT2D eigenvalue weighted by Gasteiger charge is -2.35. The van der Waals surface area contributed by atoms with Gasteiger partial charge in [0.25, 0.3) is 0 Å². The number of benzene rings is 1. The molecule has 2 N–H and O–H groups in total. The van der Waals surface area contributed by atoms with Crippen molar-refractivity contribution < 1.29 is 9.53 Å². The van der Waals surface area contributed by atoms with Crippen LogP contribution >= 0.6 is 36.4 Å². The van der Waals surface area contributed by atoms with E-state index in [-0.39, 0.29) is 36.8 Å². The summed E-state index contributed by atoms with van der Waals surface area (Å²) in [4.78, 5) is 15.0. The van der Waals surface area contributed by atoms with Gasteiger partial charge >= 0.3 is 0 Å². The molecule has 5 nitrogen and oxygen atoms in total. The monoisotopic (exact) mass is 463 g/mol. The Morgan fingerprint density at radius 3 is 2.55 bits per heavy atom. The largest absolute Gasteiger partial charge is 0.379 e. The summed E-state index contributed by atoms with van der Waals surface area (Å²) < 4.78 is 5.50. The van der Waals surface area contributed by atoms with Crippen LogP contribution in [0, 0.1) is 5.92 Å². The summed E-state index contributed by atoms with van der Waals surface area (Å²) in [6, 6.07) is 9.40.